The topological polar surface area (TPSA) is 110 Å². The molecule has 9 nitrogen and oxygen atoms in total. The number of carbonyl (C=O) groups is 3. The first-order valence-electron chi connectivity index (χ1n) is 10.1. The molecule has 158 valence electrons. The molecule has 0 aliphatic carbocycles. The number of tetrazole rings is 1. The highest BCUT2D eigenvalue weighted by molar-refractivity contribution is 6.21. The summed E-state index contributed by atoms with van der Waals surface area (Å²) in [5.41, 5.74) is 1.97. The number of imide groups is 1. The van der Waals surface area contributed by atoms with Crippen molar-refractivity contribution >= 4 is 17.7 Å². The summed E-state index contributed by atoms with van der Waals surface area (Å²) >= 11 is 0. The molecule has 1 aliphatic rings. The number of amides is 3. The lowest BCUT2D eigenvalue weighted by atomic mass is 10.0. The summed E-state index contributed by atoms with van der Waals surface area (Å²) in [4.78, 5) is 39.4. The van der Waals surface area contributed by atoms with E-state index in [0.29, 0.717) is 23.5 Å². The third-order valence-corrected chi connectivity index (χ3v) is 5.19. The number of benzene rings is 2. The van der Waals surface area contributed by atoms with Crippen LogP contribution >= 0.6 is 0 Å². The molecule has 0 spiro atoms. The second kappa shape index (κ2) is 8.86. The molecule has 2 heterocycles. The maximum atomic E-state index is 12.4. The van der Waals surface area contributed by atoms with E-state index in [9.17, 15) is 14.4 Å². The monoisotopic (exact) mass is 418 g/mol. The first-order chi connectivity index (χ1) is 15.0. The lowest BCUT2D eigenvalue weighted by Crippen LogP contribution is -2.32. The minimum Gasteiger partial charge on any atom is -0.354 e. The fourth-order valence-electron chi connectivity index (χ4n) is 3.45. The van der Waals surface area contributed by atoms with E-state index in [2.05, 4.69) is 20.7 Å². The van der Waals surface area contributed by atoms with Crippen molar-refractivity contribution in [3.63, 3.8) is 0 Å². The van der Waals surface area contributed by atoms with E-state index in [-0.39, 0.29) is 43.1 Å². The highest BCUT2D eigenvalue weighted by atomic mass is 16.2. The molecule has 0 saturated carbocycles. The molecule has 2 aromatic carbocycles. The van der Waals surface area contributed by atoms with E-state index in [0.717, 1.165) is 5.56 Å². The molecular weight excluding hydrogens is 396 g/mol. The number of aromatic nitrogens is 4. The van der Waals surface area contributed by atoms with Gasteiger partial charge in [0.1, 0.15) is 6.54 Å². The molecule has 4 rings (SSSR count). The van der Waals surface area contributed by atoms with Crippen molar-refractivity contribution in [1.29, 1.82) is 0 Å². The maximum Gasteiger partial charge on any atom is 0.261 e. The third kappa shape index (κ3) is 4.50. The van der Waals surface area contributed by atoms with Crippen LogP contribution in [-0.2, 0) is 17.8 Å². The SMILES string of the molecule is C[C@H](CNC(=O)Cn1nnc(CCN2C(=O)c3ccccc3C2=O)n1)c1ccccc1. The molecule has 1 aromatic heterocycles. The van der Waals surface area contributed by atoms with Crippen LogP contribution in [0.15, 0.2) is 54.6 Å². The van der Waals surface area contributed by atoms with Gasteiger partial charge < -0.3 is 5.32 Å². The van der Waals surface area contributed by atoms with Crippen LogP contribution in [0.5, 0.6) is 0 Å². The van der Waals surface area contributed by atoms with Gasteiger partial charge in [-0.05, 0) is 28.8 Å². The van der Waals surface area contributed by atoms with Crippen molar-refractivity contribution in [3.8, 4) is 0 Å². The summed E-state index contributed by atoms with van der Waals surface area (Å²) in [6.07, 6.45) is 0.262. The second-order valence-corrected chi connectivity index (χ2v) is 7.41. The Labute approximate surface area is 179 Å². The predicted octanol–water partition coefficient (Wildman–Crippen LogP) is 1.43. The largest absolute Gasteiger partial charge is 0.354 e. The van der Waals surface area contributed by atoms with Gasteiger partial charge in [-0.3, -0.25) is 19.3 Å². The van der Waals surface area contributed by atoms with Crippen LogP contribution in [0, 0.1) is 0 Å². The molecule has 0 unspecified atom stereocenters. The van der Waals surface area contributed by atoms with Crippen LogP contribution in [0.1, 0.15) is 44.9 Å². The molecule has 1 N–H and O–H groups in total. The number of fused-ring (bicyclic) bond motifs is 1. The van der Waals surface area contributed by atoms with Crippen molar-refractivity contribution in [3.05, 3.63) is 77.1 Å². The Bertz CT molecular complexity index is 1080. The average molecular weight is 418 g/mol. The maximum absolute atomic E-state index is 12.4. The number of nitrogens with zero attached hydrogens (tertiary/aromatic N) is 5. The molecule has 0 saturated heterocycles. The summed E-state index contributed by atoms with van der Waals surface area (Å²) in [5, 5.41) is 14.9. The summed E-state index contributed by atoms with van der Waals surface area (Å²) < 4.78 is 0. The van der Waals surface area contributed by atoms with Gasteiger partial charge in [-0.2, -0.15) is 4.80 Å². The van der Waals surface area contributed by atoms with Crippen molar-refractivity contribution in [2.24, 2.45) is 0 Å². The quantitative estimate of drug-likeness (QED) is 0.554. The van der Waals surface area contributed by atoms with Crippen molar-refractivity contribution in [1.82, 2.24) is 30.4 Å². The van der Waals surface area contributed by atoms with E-state index < -0.39 is 0 Å². The van der Waals surface area contributed by atoms with Gasteiger partial charge in [-0.15, -0.1) is 10.2 Å². The molecule has 9 heteroatoms. The van der Waals surface area contributed by atoms with Gasteiger partial charge in [0.05, 0.1) is 11.1 Å². The Morgan fingerprint density at radius 1 is 1.00 bits per heavy atom. The van der Waals surface area contributed by atoms with E-state index in [1.54, 1.807) is 24.3 Å². The molecule has 31 heavy (non-hydrogen) atoms. The average Bonchev–Trinajstić information content (AvgIpc) is 3.33. The molecule has 0 radical (unpaired) electrons. The summed E-state index contributed by atoms with van der Waals surface area (Å²) in [6.45, 7) is 2.64. The van der Waals surface area contributed by atoms with Gasteiger partial charge in [-0.25, -0.2) is 0 Å². The Morgan fingerprint density at radius 2 is 1.65 bits per heavy atom. The van der Waals surface area contributed by atoms with Crippen molar-refractivity contribution in [2.75, 3.05) is 13.1 Å². The minimum atomic E-state index is -0.320. The van der Waals surface area contributed by atoms with Gasteiger partial charge in [0.2, 0.25) is 5.91 Å². The standard InChI is InChI=1S/C22H22N6O3/c1-15(16-7-3-2-4-8-16)13-23-20(29)14-28-25-19(24-26-28)11-12-27-21(30)17-9-5-6-10-18(17)22(27)31/h2-10,15H,11-14H2,1H3,(H,23,29)/t15-/m1/s1. The van der Waals surface area contributed by atoms with Crippen LogP contribution in [0.2, 0.25) is 0 Å². The number of carbonyl (C=O) groups excluding carboxylic acids is 3. The predicted molar refractivity (Wildman–Crippen MR) is 111 cm³/mol. The molecule has 3 amide bonds. The van der Waals surface area contributed by atoms with Gasteiger partial charge in [0.25, 0.3) is 11.8 Å². The molecular formula is C22H22N6O3. The highest BCUT2D eigenvalue weighted by Gasteiger charge is 2.34. The zero-order valence-corrected chi connectivity index (χ0v) is 17.1. The Balaban J connectivity index is 1.27. The van der Waals surface area contributed by atoms with Crippen LogP contribution in [-0.4, -0.2) is 55.9 Å². The summed E-state index contributed by atoms with van der Waals surface area (Å²) in [7, 11) is 0. The van der Waals surface area contributed by atoms with Gasteiger partial charge in [0, 0.05) is 19.5 Å². The number of hydrogen-bond acceptors (Lipinski definition) is 6. The lowest BCUT2D eigenvalue weighted by molar-refractivity contribution is -0.122. The molecule has 0 bridgehead atoms. The Hall–Kier alpha value is -3.88. The van der Waals surface area contributed by atoms with Crippen LogP contribution in [0.25, 0.3) is 0 Å². The fourth-order valence-corrected chi connectivity index (χ4v) is 3.45. The van der Waals surface area contributed by atoms with Gasteiger partial charge >= 0.3 is 0 Å². The van der Waals surface area contributed by atoms with E-state index in [1.165, 1.54) is 9.70 Å². The lowest BCUT2D eigenvalue weighted by Gasteiger charge is -2.12. The zero-order chi connectivity index (χ0) is 21.8. The first-order valence-corrected chi connectivity index (χ1v) is 10.1. The number of hydrogen-bond donors (Lipinski definition) is 1. The summed E-state index contributed by atoms with van der Waals surface area (Å²) in [6, 6.07) is 16.7. The van der Waals surface area contributed by atoms with Crippen LogP contribution < -0.4 is 5.32 Å². The highest BCUT2D eigenvalue weighted by Crippen LogP contribution is 2.22. The second-order valence-electron chi connectivity index (χ2n) is 7.41. The molecule has 3 aromatic rings. The van der Waals surface area contributed by atoms with Gasteiger partial charge in [0.15, 0.2) is 5.82 Å². The van der Waals surface area contributed by atoms with Crippen LogP contribution in [0.3, 0.4) is 0 Å². The molecule has 0 fully saturated rings. The smallest absolute Gasteiger partial charge is 0.261 e. The minimum absolute atomic E-state index is 0.0540. The Morgan fingerprint density at radius 3 is 2.32 bits per heavy atom. The number of rotatable bonds is 8. The fraction of sp³-hybridized carbons (Fsp3) is 0.273. The van der Waals surface area contributed by atoms with E-state index in [1.807, 2.05) is 37.3 Å². The van der Waals surface area contributed by atoms with Crippen LogP contribution in [0.4, 0.5) is 0 Å². The van der Waals surface area contributed by atoms with Crippen molar-refractivity contribution in [2.45, 2.75) is 25.8 Å². The summed E-state index contributed by atoms with van der Waals surface area (Å²) in [5.74, 6) is -0.307. The van der Waals surface area contributed by atoms with Crippen molar-refractivity contribution < 1.29 is 14.4 Å². The molecule has 1 aliphatic heterocycles. The number of nitrogens with one attached hydrogen (secondary N) is 1. The van der Waals surface area contributed by atoms with Gasteiger partial charge in [-0.1, -0.05) is 49.4 Å². The van der Waals surface area contributed by atoms with E-state index >= 15 is 0 Å². The Kier molecular flexibility index (Phi) is 5.83. The van der Waals surface area contributed by atoms with E-state index in [4.69, 9.17) is 0 Å². The molecule has 1 atom stereocenters. The zero-order valence-electron chi connectivity index (χ0n) is 17.1. The normalized spacial score (nSPS) is 13.9. The first kappa shape index (κ1) is 20.4. The third-order valence-electron chi connectivity index (χ3n) is 5.19.